The van der Waals surface area contributed by atoms with Crippen LogP contribution in [0.2, 0.25) is 5.02 Å². The summed E-state index contributed by atoms with van der Waals surface area (Å²) >= 11 is 7.43. The first-order valence-corrected chi connectivity index (χ1v) is 7.39. The van der Waals surface area contributed by atoms with Crippen LogP contribution >= 0.6 is 22.9 Å². The Kier molecular flexibility index (Phi) is 3.68. The van der Waals surface area contributed by atoms with Crippen LogP contribution in [-0.4, -0.2) is 5.78 Å². The number of carbonyl (C=O) groups excluding carboxylic acids is 1. The number of hydrogen-bond acceptors (Lipinski definition) is 2. The molecule has 0 aliphatic heterocycles. The molecular weight excluding hydrogens is 288 g/mol. The van der Waals surface area contributed by atoms with Gasteiger partial charge in [-0.2, -0.15) is 0 Å². The van der Waals surface area contributed by atoms with Crippen LogP contribution in [-0.2, 0) is 0 Å². The first-order chi connectivity index (χ1) is 9.74. The number of hydrogen-bond donors (Lipinski definition) is 0. The van der Waals surface area contributed by atoms with Crippen molar-refractivity contribution in [1.82, 2.24) is 0 Å². The molecule has 0 N–H and O–H groups in total. The molecule has 0 aliphatic carbocycles. The Morgan fingerprint density at radius 1 is 0.900 bits per heavy atom. The quantitative estimate of drug-likeness (QED) is 0.600. The average Bonchev–Trinajstić information content (AvgIpc) is 2.97. The van der Waals surface area contributed by atoms with E-state index in [9.17, 15) is 4.79 Å². The highest BCUT2D eigenvalue weighted by molar-refractivity contribution is 7.17. The Labute approximate surface area is 126 Å². The molecule has 0 saturated carbocycles. The van der Waals surface area contributed by atoms with E-state index in [2.05, 4.69) is 0 Å². The van der Waals surface area contributed by atoms with Gasteiger partial charge in [0.2, 0.25) is 5.78 Å². The minimum atomic E-state index is 0.0136. The number of carbonyl (C=O) groups is 1. The van der Waals surface area contributed by atoms with Gasteiger partial charge in [0.1, 0.15) is 0 Å². The first-order valence-electron chi connectivity index (χ1n) is 6.19. The van der Waals surface area contributed by atoms with Gasteiger partial charge in [-0.1, -0.05) is 54.1 Å². The molecule has 0 saturated heterocycles. The number of thiophene rings is 1. The monoisotopic (exact) mass is 298 g/mol. The van der Waals surface area contributed by atoms with E-state index in [0.29, 0.717) is 10.6 Å². The lowest BCUT2D eigenvalue weighted by Gasteiger charge is -1.99. The Hall–Kier alpha value is -1.90. The van der Waals surface area contributed by atoms with E-state index in [0.717, 1.165) is 15.3 Å². The number of ketones is 1. The standard InChI is InChI=1S/C17H11ClOS/c18-14-8-4-7-13(11-14)17(19)16-10-9-15(20-16)12-5-2-1-3-6-12/h1-11H. The number of halogens is 1. The molecule has 2 aromatic carbocycles. The Balaban J connectivity index is 1.93. The summed E-state index contributed by atoms with van der Waals surface area (Å²) in [4.78, 5) is 14.2. The van der Waals surface area contributed by atoms with E-state index < -0.39 is 0 Å². The molecule has 0 amide bonds. The molecule has 20 heavy (non-hydrogen) atoms. The van der Waals surface area contributed by atoms with Gasteiger partial charge in [-0.15, -0.1) is 11.3 Å². The van der Waals surface area contributed by atoms with Crippen LogP contribution in [0.15, 0.2) is 66.7 Å². The van der Waals surface area contributed by atoms with Crippen molar-refractivity contribution in [2.45, 2.75) is 0 Å². The van der Waals surface area contributed by atoms with Gasteiger partial charge in [-0.3, -0.25) is 4.79 Å². The predicted molar refractivity (Wildman–Crippen MR) is 84.6 cm³/mol. The van der Waals surface area contributed by atoms with Gasteiger partial charge in [-0.25, -0.2) is 0 Å². The fourth-order valence-electron chi connectivity index (χ4n) is 1.99. The Bertz CT molecular complexity index is 746. The summed E-state index contributed by atoms with van der Waals surface area (Å²) < 4.78 is 0. The predicted octanol–water partition coefficient (Wildman–Crippen LogP) is 5.30. The second kappa shape index (κ2) is 5.61. The molecule has 98 valence electrons. The van der Waals surface area contributed by atoms with E-state index in [1.807, 2.05) is 42.5 Å². The number of rotatable bonds is 3. The summed E-state index contributed by atoms with van der Waals surface area (Å²) in [6.45, 7) is 0. The molecule has 0 unspecified atom stereocenters. The highest BCUT2D eigenvalue weighted by atomic mass is 35.5. The van der Waals surface area contributed by atoms with Crippen molar-refractivity contribution >= 4 is 28.7 Å². The molecule has 0 fully saturated rings. The van der Waals surface area contributed by atoms with Crippen LogP contribution in [0.1, 0.15) is 15.2 Å². The van der Waals surface area contributed by atoms with E-state index in [1.54, 1.807) is 24.3 Å². The Morgan fingerprint density at radius 2 is 1.70 bits per heavy atom. The second-order valence-corrected chi connectivity index (χ2v) is 5.89. The van der Waals surface area contributed by atoms with Gasteiger partial charge in [0, 0.05) is 15.5 Å². The average molecular weight is 299 g/mol. The van der Waals surface area contributed by atoms with Crippen LogP contribution in [0, 0.1) is 0 Å². The molecule has 3 rings (SSSR count). The number of benzene rings is 2. The van der Waals surface area contributed by atoms with Crippen LogP contribution in [0.4, 0.5) is 0 Å². The van der Waals surface area contributed by atoms with Crippen molar-refractivity contribution < 1.29 is 4.79 Å². The third-order valence-electron chi connectivity index (χ3n) is 2.97. The molecule has 1 aromatic heterocycles. The van der Waals surface area contributed by atoms with E-state index >= 15 is 0 Å². The summed E-state index contributed by atoms with van der Waals surface area (Å²) in [5.74, 6) is 0.0136. The maximum Gasteiger partial charge on any atom is 0.203 e. The fraction of sp³-hybridized carbons (Fsp3) is 0. The third-order valence-corrected chi connectivity index (χ3v) is 4.34. The molecule has 0 radical (unpaired) electrons. The van der Waals surface area contributed by atoms with Gasteiger partial charge in [-0.05, 0) is 29.8 Å². The largest absolute Gasteiger partial charge is 0.288 e. The van der Waals surface area contributed by atoms with Crippen molar-refractivity contribution in [2.24, 2.45) is 0 Å². The minimum absolute atomic E-state index is 0.0136. The Morgan fingerprint density at radius 3 is 2.45 bits per heavy atom. The van der Waals surface area contributed by atoms with Gasteiger partial charge >= 0.3 is 0 Å². The smallest absolute Gasteiger partial charge is 0.203 e. The third kappa shape index (κ3) is 2.67. The van der Waals surface area contributed by atoms with E-state index in [-0.39, 0.29) is 5.78 Å². The lowest BCUT2D eigenvalue weighted by atomic mass is 10.1. The molecule has 3 heteroatoms. The fourth-order valence-corrected chi connectivity index (χ4v) is 3.15. The topological polar surface area (TPSA) is 17.1 Å². The molecule has 0 atom stereocenters. The van der Waals surface area contributed by atoms with Crippen molar-refractivity contribution in [3.63, 3.8) is 0 Å². The maximum atomic E-state index is 12.4. The lowest BCUT2D eigenvalue weighted by Crippen LogP contribution is -1.97. The summed E-state index contributed by atoms with van der Waals surface area (Å²) in [5.41, 5.74) is 1.75. The summed E-state index contributed by atoms with van der Waals surface area (Å²) in [7, 11) is 0. The first kappa shape index (κ1) is 13.1. The van der Waals surface area contributed by atoms with Gasteiger partial charge < -0.3 is 0 Å². The lowest BCUT2D eigenvalue weighted by molar-refractivity contribution is 0.104. The summed E-state index contributed by atoms with van der Waals surface area (Å²) in [5, 5.41) is 0.579. The second-order valence-electron chi connectivity index (χ2n) is 4.37. The van der Waals surface area contributed by atoms with E-state index in [1.165, 1.54) is 11.3 Å². The highest BCUT2D eigenvalue weighted by Gasteiger charge is 2.12. The molecule has 0 aliphatic rings. The molecule has 0 bridgehead atoms. The van der Waals surface area contributed by atoms with Gasteiger partial charge in [0.15, 0.2) is 0 Å². The van der Waals surface area contributed by atoms with Crippen LogP contribution in [0.25, 0.3) is 10.4 Å². The van der Waals surface area contributed by atoms with Gasteiger partial charge in [0.25, 0.3) is 0 Å². The molecule has 1 heterocycles. The summed E-state index contributed by atoms with van der Waals surface area (Å²) in [6, 6.07) is 21.0. The zero-order valence-corrected chi connectivity index (χ0v) is 12.1. The van der Waals surface area contributed by atoms with Crippen molar-refractivity contribution in [2.75, 3.05) is 0 Å². The normalized spacial score (nSPS) is 10.4. The maximum absolute atomic E-state index is 12.4. The zero-order chi connectivity index (χ0) is 13.9. The molecule has 0 spiro atoms. The van der Waals surface area contributed by atoms with Crippen LogP contribution in [0.3, 0.4) is 0 Å². The zero-order valence-electron chi connectivity index (χ0n) is 10.5. The van der Waals surface area contributed by atoms with Crippen LogP contribution in [0.5, 0.6) is 0 Å². The molecule has 1 nitrogen and oxygen atoms in total. The molecular formula is C17H11ClOS. The minimum Gasteiger partial charge on any atom is -0.288 e. The highest BCUT2D eigenvalue weighted by Crippen LogP contribution is 2.29. The van der Waals surface area contributed by atoms with Crippen LogP contribution < -0.4 is 0 Å². The summed E-state index contributed by atoms with van der Waals surface area (Å²) in [6.07, 6.45) is 0. The van der Waals surface area contributed by atoms with Gasteiger partial charge in [0.05, 0.1) is 4.88 Å². The van der Waals surface area contributed by atoms with E-state index in [4.69, 9.17) is 11.6 Å². The van der Waals surface area contributed by atoms with Crippen molar-refractivity contribution in [3.05, 3.63) is 82.2 Å². The van der Waals surface area contributed by atoms with Crippen molar-refractivity contribution in [3.8, 4) is 10.4 Å². The molecule has 3 aromatic rings. The van der Waals surface area contributed by atoms with Crippen molar-refractivity contribution in [1.29, 1.82) is 0 Å². The SMILES string of the molecule is O=C(c1cccc(Cl)c1)c1ccc(-c2ccccc2)s1.